The summed E-state index contributed by atoms with van der Waals surface area (Å²) in [7, 11) is 0. The van der Waals surface area contributed by atoms with E-state index in [1.165, 1.54) is 0 Å². The highest BCUT2D eigenvalue weighted by Gasteiger charge is 2.40. The largest absolute Gasteiger partial charge is 0.388 e. The van der Waals surface area contributed by atoms with Gasteiger partial charge in [-0.3, -0.25) is 19.3 Å². The molecule has 37 heavy (non-hydrogen) atoms. The number of nitrogens with zero attached hydrogens (tertiary/aromatic N) is 6. The highest BCUT2D eigenvalue weighted by Crippen LogP contribution is 2.33. The van der Waals surface area contributed by atoms with Crippen LogP contribution in [0, 0.1) is 13.8 Å². The van der Waals surface area contributed by atoms with Crippen molar-refractivity contribution in [1.29, 1.82) is 0 Å². The lowest BCUT2D eigenvalue weighted by atomic mass is 10.2. The number of imidazole rings is 1. The number of aryl methyl sites for hydroxylation is 2. The topological polar surface area (TPSA) is 140 Å². The van der Waals surface area contributed by atoms with Crippen LogP contribution in [0.25, 0.3) is 22.6 Å². The molecule has 1 saturated heterocycles. The van der Waals surface area contributed by atoms with E-state index in [2.05, 4.69) is 25.6 Å². The molecule has 1 fully saturated rings. The number of nitrogens with one attached hydrogen (secondary N) is 2. The third-order valence-electron chi connectivity index (χ3n) is 6.05. The van der Waals surface area contributed by atoms with Crippen molar-refractivity contribution >= 4 is 22.9 Å². The van der Waals surface area contributed by atoms with Gasteiger partial charge in [-0.1, -0.05) is 0 Å². The van der Waals surface area contributed by atoms with Crippen LogP contribution in [-0.4, -0.2) is 58.8 Å². The Morgan fingerprint density at radius 1 is 1.19 bits per heavy atom. The number of hydrogen-bond donors (Lipinski definition) is 3. The van der Waals surface area contributed by atoms with Gasteiger partial charge in [-0.05, 0) is 57.0 Å². The molecule has 0 aromatic carbocycles. The molecule has 3 atom stereocenters. The van der Waals surface area contributed by atoms with Crippen LogP contribution < -0.4 is 10.6 Å². The second kappa shape index (κ2) is 10.2. The maximum absolute atomic E-state index is 12.5. The predicted octanol–water partition coefficient (Wildman–Crippen LogP) is 2.69. The van der Waals surface area contributed by atoms with Crippen LogP contribution >= 0.6 is 0 Å². The summed E-state index contributed by atoms with van der Waals surface area (Å²) < 4.78 is 7.65. The number of ether oxygens (including phenoxy) is 1. The highest BCUT2D eigenvalue weighted by molar-refractivity contribution is 5.85. The van der Waals surface area contributed by atoms with E-state index in [1.807, 2.05) is 45.9 Å². The van der Waals surface area contributed by atoms with Gasteiger partial charge in [0.05, 0.1) is 18.6 Å². The minimum atomic E-state index is -0.910. The second-order valence-electron chi connectivity index (χ2n) is 9.63. The lowest BCUT2D eigenvalue weighted by molar-refractivity contribution is -0.135. The first-order valence-corrected chi connectivity index (χ1v) is 12.2. The van der Waals surface area contributed by atoms with Gasteiger partial charge in [-0.15, -0.1) is 0 Å². The molecule has 0 saturated carbocycles. The number of aliphatic hydroxyl groups is 1. The zero-order chi connectivity index (χ0) is 26.1. The van der Waals surface area contributed by atoms with Crippen LogP contribution in [0.4, 0.5) is 5.82 Å². The Kier molecular flexibility index (Phi) is 6.81. The lowest BCUT2D eigenvalue weighted by Crippen LogP contribution is -2.38. The Morgan fingerprint density at radius 3 is 2.78 bits per heavy atom. The molecular formula is C26H30N8O3. The molecule has 0 radical (unpaired) electrons. The molecule has 0 bridgehead atoms. The van der Waals surface area contributed by atoms with Crippen LogP contribution in [0.5, 0.6) is 0 Å². The Balaban J connectivity index is 1.53. The van der Waals surface area contributed by atoms with Crippen LogP contribution in [0.15, 0.2) is 43.1 Å². The molecule has 1 aliphatic heterocycles. The summed E-state index contributed by atoms with van der Waals surface area (Å²) in [5.74, 6) is 0.715. The molecule has 4 aromatic heterocycles. The van der Waals surface area contributed by atoms with E-state index in [9.17, 15) is 9.90 Å². The minimum absolute atomic E-state index is 0.0314. The van der Waals surface area contributed by atoms with E-state index in [-0.39, 0.29) is 18.4 Å². The van der Waals surface area contributed by atoms with Crippen LogP contribution in [0.2, 0.25) is 0 Å². The number of rotatable bonds is 7. The maximum atomic E-state index is 12.5. The number of carbonyl (C=O) groups is 1. The molecule has 0 spiro atoms. The molecule has 1 amide bonds. The van der Waals surface area contributed by atoms with Gasteiger partial charge in [0.2, 0.25) is 5.91 Å². The summed E-state index contributed by atoms with van der Waals surface area (Å²) in [6.07, 6.45) is 4.47. The molecular weight excluding hydrogens is 472 g/mol. The second-order valence-corrected chi connectivity index (χ2v) is 9.63. The van der Waals surface area contributed by atoms with Gasteiger partial charge in [-0.25, -0.2) is 15.0 Å². The zero-order valence-electron chi connectivity index (χ0n) is 21.2. The summed E-state index contributed by atoms with van der Waals surface area (Å²) in [5.41, 5.74) is 4.68. The van der Waals surface area contributed by atoms with Gasteiger partial charge in [0.25, 0.3) is 0 Å². The molecule has 5 rings (SSSR count). The third-order valence-corrected chi connectivity index (χ3v) is 6.05. The molecule has 1 aliphatic rings. The average molecular weight is 503 g/mol. The first-order valence-electron chi connectivity index (χ1n) is 12.2. The fourth-order valence-electron chi connectivity index (χ4n) is 4.35. The van der Waals surface area contributed by atoms with Gasteiger partial charge in [-0.2, -0.15) is 0 Å². The van der Waals surface area contributed by atoms with E-state index in [0.717, 1.165) is 22.4 Å². The first-order chi connectivity index (χ1) is 17.8. The number of hydrogen-bond acceptors (Lipinski definition) is 9. The van der Waals surface area contributed by atoms with Crippen LogP contribution in [-0.2, 0) is 16.1 Å². The number of pyridine rings is 2. The minimum Gasteiger partial charge on any atom is -0.388 e. The normalized spacial score (nSPS) is 19.5. The van der Waals surface area contributed by atoms with Crippen molar-refractivity contribution in [3.63, 3.8) is 0 Å². The molecule has 11 nitrogen and oxygen atoms in total. The van der Waals surface area contributed by atoms with Crippen molar-refractivity contribution in [2.45, 2.75) is 65.1 Å². The van der Waals surface area contributed by atoms with Gasteiger partial charge >= 0.3 is 0 Å². The molecule has 4 aromatic rings. The Bertz CT molecular complexity index is 1440. The number of fused-ring (bicyclic) bond motifs is 1. The Labute approximate surface area is 214 Å². The maximum Gasteiger partial charge on any atom is 0.249 e. The third kappa shape index (κ3) is 5.27. The molecule has 192 valence electrons. The molecule has 0 aliphatic carbocycles. The Morgan fingerprint density at radius 2 is 2.03 bits per heavy atom. The van der Waals surface area contributed by atoms with E-state index < -0.39 is 18.4 Å². The SMILES string of the molecule is Cc1cncc(-c2nc(NCc3cc(C)ccn3)c3ncn([C@@H]4O[C@H](C(=O)NC(C)C)C[C@H]4O)c3n2)c1. The highest BCUT2D eigenvalue weighted by atomic mass is 16.5. The molecule has 5 heterocycles. The fourth-order valence-corrected chi connectivity index (χ4v) is 4.35. The van der Waals surface area contributed by atoms with Crippen molar-refractivity contribution in [3.05, 3.63) is 59.9 Å². The fraction of sp³-hybridized carbons (Fsp3) is 0.385. The lowest BCUT2D eigenvalue weighted by Gasteiger charge is -2.18. The van der Waals surface area contributed by atoms with E-state index in [1.54, 1.807) is 29.5 Å². The number of anilines is 1. The average Bonchev–Trinajstić information content (AvgIpc) is 3.45. The number of carbonyl (C=O) groups excluding carboxylic acids is 1. The summed E-state index contributed by atoms with van der Waals surface area (Å²) in [6.45, 7) is 8.16. The predicted molar refractivity (Wildman–Crippen MR) is 137 cm³/mol. The first kappa shape index (κ1) is 24.7. The Hall–Kier alpha value is -3.96. The number of amides is 1. The van der Waals surface area contributed by atoms with Crippen molar-refractivity contribution < 1.29 is 14.6 Å². The molecule has 3 N–H and O–H groups in total. The van der Waals surface area contributed by atoms with Gasteiger partial charge in [0.1, 0.15) is 12.2 Å². The summed E-state index contributed by atoms with van der Waals surface area (Å²) in [6, 6.07) is 5.86. The molecule has 11 heteroatoms. The zero-order valence-corrected chi connectivity index (χ0v) is 21.2. The quantitative estimate of drug-likeness (QED) is 0.348. The number of aliphatic hydroxyl groups excluding tert-OH is 1. The number of aromatic nitrogens is 6. The standard InChI is InChI=1S/C26H30N8O3/c1-14(2)31-25(36)20-9-19(35)26(37-20)34-13-30-21-23(29-12-18-8-15(3)5-6-28-18)32-22(33-24(21)34)17-7-16(4)10-27-11-17/h5-8,10-11,13-14,19-20,26,35H,9,12H2,1-4H3,(H,31,36)(H,29,32,33)/t19-,20+,26-/m1/s1. The molecule has 0 unspecified atom stereocenters. The van der Waals surface area contributed by atoms with Gasteiger partial charge < -0.3 is 20.5 Å². The van der Waals surface area contributed by atoms with Crippen molar-refractivity contribution in [2.24, 2.45) is 0 Å². The van der Waals surface area contributed by atoms with Gasteiger partial charge in [0, 0.05) is 36.6 Å². The van der Waals surface area contributed by atoms with E-state index in [0.29, 0.717) is 29.4 Å². The summed E-state index contributed by atoms with van der Waals surface area (Å²) in [4.78, 5) is 35.3. The van der Waals surface area contributed by atoms with Crippen molar-refractivity contribution in [2.75, 3.05) is 5.32 Å². The monoisotopic (exact) mass is 502 g/mol. The van der Waals surface area contributed by atoms with Crippen LogP contribution in [0.3, 0.4) is 0 Å². The van der Waals surface area contributed by atoms with Gasteiger partial charge in [0.15, 0.2) is 29.0 Å². The summed E-state index contributed by atoms with van der Waals surface area (Å²) >= 11 is 0. The summed E-state index contributed by atoms with van der Waals surface area (Å²) in [5, 5.41) is 17.0. The van der Waals surface area contributed by atoms with E-state index in [4.69, 9.17) is 14.7 Å². The van der Waals surface area contributed by atoms with Crippen molar-refractivity contribution in [1.82, 2.24) is 34.8 Å². The van der Waals surface area contributed by atoms with Crippen molar-refractivity contribution in [3.8, 4) is 11.4 Å². The van der Waals surface area contributed by atoms with E-state index >= 15 is 0 Å². The van der Waals surface area contributed by atoms with Crippen LogP contribution in [0.1, 0.15) is 43.3 Å². The smallest absolute Gasteiger partial charge is 0.249 e.